The van der Waals surface area contributed by atoms with Gasteiger partial charge in [-0.25, -0.2) is 0 Å². The van der Waals surface area contributed by atoms with Crippen molar-refractivity contribution in [1.29, 1.82) is 0 Å². The van der Waals surface area contributed by atoms with Gasteiger partial charge < -0.3 is 15.3 Å². The van der Waals surface area contributed by atoms with Gasteiger partial charge in [0, 0.05) is 5.92 Å². The van der Waals surface area contributed by atoms with E-state index in [1.807, 2.05) is 31.2 Å². The Labute approximate surface area is 125 Å². The predicted molar refractivity (Wildman–Crippen MR) is 83.6 cm³/mol. The normalized spacial score (nSPS) is 12.5. The van der Waals surface area contributed by atoms with E-state index in [0.717, 1.165) is 30.4 Å². The van der Waals surface area contributed by atoms with Crippen molar-refractivity contribution >= 4 is 0 Å². The predicted octanol–water partition coefficient (Wildman–Crippen LogP) is 3.78. The van der Waals surface area contributed by atoms with Gasteiger partial charge in [0.25, 0.3) is 0 Å². The first-order valence-electron chi connectivity index (χ1n) is 7.36. The molecule has 2 rings (SSSR count). The van der Waals surface area contributed by atoms with E-state index in [0.29, 0.717) is 0 Å². The van der Waals surface area contributed by atoms with Crippen molar-refractivity contribution in [2.45, 2.75) is 38.2 Å². The molecule has 0 saturated heterocycles. The zero-order valence-corrected chi connectivity index (χ0v) is 12.2. The average Bonchev–Trinajstić information content (AvgIpc) is 2.50. The lowest BCUT2D eigenvalue weighted by atomic mass is 9.86. The summed E-state index contributed by atoms with van der Waals surface area (Å²) in [5.41, 5.74) is 2.20. The molecule has 0 aromatic heterocycles. The summed E-state index contributed by atoms with van der Waals surface area (Å²) in [5, 5.41) is 28.7. The molecule has 0 fully saturated rings. The van der Waals surface area contributed by atoms with Crippen molar-refractivity contribution in [3.8, 4) is 11.5 Å². The molecule has 0 aliphatic rings. The number of hydrogen-bond donors (Lipinski definition) is 3. The number of phenolic OH excluding ortho intramolecular Hbond substituents is 2. The van der Waals surface area contributed by atoms with Gasteiger partial charge in [0.15, 0.2) is 0 Å². The Balaban J connectivity index is 2.25. The van der Waals surface area contributed by atoms with Crippen LogP contribution in [0.5, 0.6) is 11.5 Å². The van der Waals surface area contributed by atoms with Crippen molar-refractivity contribution in [2.75, 3.05) is 0 Å². The quantitative estimate of drug-likeness (QED) is 0.757. The van der Waals surface area contributed by atoms with Gasteiger partial charge in [-0.15, -0.1) is 0 Å². The van der Waals surface area contributed by atoms with Crippen molar-refractivity contribution in [2.24, 2.45) is 0 Å². The Morgan fingerprint density at radius 1 is 0.762 bits per heavy atom. The van der Waals surface area contributed by atoms with Crippen LogP contribution in [-0.2, 0) is 0 Å². The molecule has 1 unspecified atom stereocenters. The maximum atomic E-state index is 9.81. The molecule has 3 nitrogen and oxygen atoms in total. The van der Waals surface area contributed by atoms with Crippen LogP contribution in [0.1, 0.15) is 43.2 Å². The van der Waals surface area contributed by atoms with Crippen LogP contribution in [0.2, 0.25) is 0 Å². The lowest BCUT2D eigenvalue weighted by Crippen LogP contribution is -2.09. The fourth-order valence-corrected chi connectivity index (χ4v) is 2.50. The molecule has 0 spiro atoms. The summed E-state index contributed by atoms with van der Waals surface area (Å²) >= 11 is 0. The molecule has 0 aliphatic carbocycles. The molecule has 2 aromatic rings. The highest BCUT2D eigenvalue weighted by molar-refractivity contribution is 5.37. The summed E-state index contributed by atoms with van der Waals surface area (Å²) in [6.45, 7) is 1.97. The van der Waals surface area contributed by atoms with Gasteiger partial charge in [-0.1, -0.05) is 31.2 Å². The third kappa shape index (κ3) is 4.23. The minimum Gasteiger partial charge on any atom is -0.508 e. The van der Waals surface area contributed by atoms with E-state index in [1.54, 1.807) is 24.3 Å². The van der Waals surface area contributed by atoms with Crippen LogP contribution in [0.3, 0.4) is 0 Å². The van der Waals surface area contributed by atoms with Crippen molar-refractivity contribution in [3.63, 3.8) is 0 Å². The number of aliphatic hydroxyl groups excluding tert-OH is 1. The monoisotopic (exact) mass is 286 g/mol. The van der Waals surface area contributed by atoms with E-state index < -0.39 is 0 Å². The molecule has 21 heavy (non-hydrogen) atoms. The summed E-state index contributed by atoms with van der Waals surface area (Å²) in [5.74, 6) is 0.640. The minimum atomic E-state index is -0.290. The Morgan fingerprint density at radius 3 is 1.57 bits per heavy atom. The molecule has 2 aromatic carbocycles. The average molecular weight is 286 g/mol. The van der Waals surface area contributed by atoms with E-state index in [2.05, 4.69) is 0 Å². The Hall–Kier alpha value is -2.00. The molecule has 3 N–H and O–H groups in total. The Kier molecular flexibility index (Phi) is 5.23. The van der Waals surface area contributed by atoms with E-state index >= 15 is 0 Å². The summed E-state index contributed by atoms with van der Waals surface area (Å²) in [7, 11) is 0. The van der Waals surface area contributed by atoms with Gasteiger partial charge in [-0.2, -0.15) is 0 Å². The smallest absolute Gasteiger partial charge is 0.115 e. The van der Waals surface area contributed by atoms with Crippen LogP contribution in [0.15, 0.2) is 48.5 Å². The van der Waals surface area contributed by atoms with Crippen LogP contribution in [0.4, 0.5) is 0 Å². The highest BCUT2D eigenvalue weighted by atomic mass is 16.3. The zero-order chi connectivity index (χ0) is 15.2. The van der Waals surface area contributed by atoms with Gasteiger partial charge in [0.2, 0.25) is 0 Å². The molecule has 0 heterocycles. The van der Waals surface area contributed by atoms with Gasteiger partial charge in [-0.05, 0) is 54.7 Å². The molecule has 0 saturated carbocycles. The Bertz CT molecular complexity index is 500. The van der Waals surface area contributed by atoms with Crippen LogP contribution in [0, 0.1) is 0 Å². The maximum absolute atomic E-state index is 9.81. The fraction of sp³-hybridized carbons (Fsp3) is 0.333. The van der Waals surface area contributed by atoms with Crippen LogP contribution < -0.4 is 0 Å². The second-order valence-corrected chi connectivity index (χ2v) is 5.38. The van der Waals surface area contributed by atoms with Crippen molar-refractivity contribution in [3.05, 3.63) is 59.7 Å². The number of rotatable bonds is 6. The Morgan fingerprint density at radius 2 is 1.19 bits per heavy atom. The first kappa shape index (κ1) is 15.4. The topological polar surface area (TPSA) is 60.7 Å². The zero-order valence-electron chi connectivity index (χ0n) is 12.2. The lowest BCUT2D eigenvalue weighted by molar-refractivity contribution is 0.156. The van der Waals surface area contributed by atoms with Gasteiger partial charge in [-0.3, -0.25) is 0 Å². The molecule has 1 atom stereocenters. The van der Waals surface area contributed by atoms with Crippen LogP contribution >= 0.6 is 0 Å². The molecule has 0 bridgehead atoms. The maximum Gasteiger partial charge on any atom is 0.115 e. The SMILES string of the molecule is CCC(O)CCC(c1ccc(O)cc1)c1ccc(O)cc1. The van der Waals surface area contributed by atoms with Gasteiger partial charge in [0.05, 0.1) is 6.10 Å². The highest BCUT2D eigenvalue weighted by Gasteiger charge is 2.16. The number of phenols is 2. The van der Waals surface area contributed by atoms with E-state index in [9.17, 15) is 15.3 Å². The third-order valence-corrected chi connectivity index (χ3v) is 3.85. The number of hydrogen-bond acceptors (Lipinski definition) is 3. The van der Waals surface area contributed by atoms with Gasteiger partial charge in [0.1, 0.15) is 11.5 Å². The van der Waals surface area contributed by atoms with Crippen molar-refractivity contribution in [1.82, 2.24) is 0 Å². The molecule has 0 aliphatic heterocycles. The summed E-state index contributed by atoms with van der Waals surface area (Å²) in [4.78, 5) is 0. The molecule has 112 valence electrons. The first-order chi connectivity index (χ1) is 10.1. The standard InChI is InChI=1S/C18H22O3/c1-2-15(19)11-12-18(13-3-7-16(20)8-4-13)14-5-9-17(21)10-6-14/h3-10,15,18-21H,2,11-12H2,1H3. The summed E-state index contributed by atoms with van der Waals surface area (Å²) in [6.07, 6.45) is 2.01. The number of aliphatic hydroxyl groups is 1. The highest BCUT2D eigenvalue weighted by Crippen LogP contribution is 2.31. The molecule has 0 radical (unpaired) electrons. The number of aromatic hydroxyl groups is 2. The third-order valence-electron chi connectivity index (χ3n) is 3.85. The molecule has 0 amide bonds. The van der Waals surface area contributed by atoms with E-state index in [-0.39, 0.29) is 23.5 Å². The minimum absolute atomic E-state index is 0.146. The summed E-state index contributed by atoms with van der Waals surface area (Å²) < 4.78 is 0. The largest absolute Gasteiger partial charge is 0.508 e. The summed E-state index contributed by atoms with van der Waals surface area (Å²) in [6, 6.07) is 14.3. The second-order valence-electron chi connectivity index (χ2n) is 5.38. The lowest BCUT2D eigenvalue weighted by Gasteiger charge is -2.20. The fourth-order valence-electron chi connectivity index (χ4n) is 2.50. The van der Waals surface area contributed by atoms with Crippen molar-refractivity contribution < 1.29 is 15.3 Å². The van der Waals surface area contributed by atoms with Crippen LogP contribution in [-0.4, -0.2) is 21.4 Å². The van der Waals surface area contributed by atoms with Gasteiger partial charge >= 0.3 is 0 Å². The van der Waals surface area contributed by atoms with E-state index in [4.69, 9.17) is 0 Å². The van der Waals surface area contributed by atoms with Crippen LogP contribution in [0.25, 0.3) is 0 Å². The van der Waals surface area contributed by atoms with E-state index in [1.165, 1.54) is 0 Å². The number of benzene rings is 2. The molecular formula is C18H22O3. The first-order valence-corrected chi connectivity index (χ1v) is 7.36. The molecule has 3 heteroatoms. The molecular weight excluding hydrogens is 264 g/mol. The second kappa shape index (κ2) is 7.14.